The molecule has 0 fully saturated rings. The summed E-state index contributed by atoms with van der Waals surface area (Å²) >= 11 is 0. The molecule has 0 saturated heterocycles. The Morgan fingerprint density at radius 1 is 0.912 bits per heavy atom. The van der Waals surface area contributed by atoms with E-state index in [1.807, 2.05) is 55.5 Å². The average Bonchev–Trinajstić information content (AvgIpc) is 2.86. The Morgan fingerprint density at radius 2 is 1.65 bits per heavy atom. The van der Waals surface area contributed by atoms with Gasteiger partial charge in [0.1, 0.15) is 5.75 Å². The van der Waals surface area contributed by atoms with Gasteiger partial charge in [-0.05, 0) is 53.4 Å². The van der Waals surface area contributed by atoms with Gasteiger partial charge < -0.3 is 20.5 Å². The van der Waals surface area contributed by atoms with Crippen molar-refractivity contribution in [2.75, 3.05) is 5.32 Å². The van der Waals surface area contributed by atoms with E-state index in [0.717, 1.165) is 22.3 Å². The van der Waals surface area contributed by atoms with Gasteiger partial charge >= 0.3 is 6.09 Å². The second kappa shape index (κ2) is 10.3. The quantitative estimate of drug-likeness (QED) is 0.325. The van der Waals surface area contributed by atoms with Crippen LogP contribution in [0.2, 0.25) is 0 Å². The van der Waals surface area contributed by atoms with Gasteiger partial charge in [0.15, 0.2) is 0 Å². The lowest BCUT2D eigenvalue weighted by molar-refractivity contribution is 0.102. The predicted molar refractivity (Wildman–Crippen MR) is 130 cm³/mol. The van der Waals surface area contributed by atoms with Crippen LogP contribution in [0.4, 0.5) is 10.5 Å². The Morgan fingerprint density at radius 3 is 2.29 bits per heavy atom. The number of carboxylic acid groups (broad SMARTS) is 1. The number of anilines is 1. The van der Waals surface area contributed by atoms with Crippen molar-refractivity contribution in [1.82, 2.24) is 10.3 Å². The molecule has 4 aromatic rings. The van der Waals surface area contributed by atoms with Crippen molar-refractivity contribution in [2.24, 2.45) is 0 Å². The number of benzene rings is 3. The zero-order valence-corrected chi connectivity index (χ0v) is 18.5. The lowest BCUT2D eigenvalue weighted by Gasteiger charge is -2.11. The highest BCUT2D eigenvalue weighted by molar-refractivity contribution is 6.04. The van der Waals surface area contributed by atoms with E-state index in [0.29, 0.717) is 22.9 Å². The van der Waals surface area contributed by atoms with Crippen LogP contribution in [0, 0.1) is 6.92 Å². The van der Waals surface area contributed by atoms with Crippen molar-refractivity contribution in [3.8, 4) is 22.8 Å². The molecule has 7 heteroatoms. The Kier molecular flexibility index (Phi) is 6.84. The number of rotatable bonds is 7. The highest BCUT2D eigenvalue weighted by Gasteiger charge is 2.09. The minimum absolute atomic E-state index is 0.220. The van der Waals surface area contributed by atoms with Crippen molar-refractivity contribution >= 4 is 17.7 Å². The fourth-order valence-corrected chi connectivity index (χ4v) is 3.39. The number of aryl methyl sites for hydroxylation is 1. The molecule has 170 valence electrons. The van der Waals surface area contributed by atoms with E-state index in [2.05, 4.69) is 15.6 Å². The van der Waals surface area contributed by atoms with Crippen LogP contribution < -0.4 is 15.4 Å². The van der Waals surface area contributed by atoms with E-state index in [1.165, 1.54) is 6.20 Å². The second-order valence-corrected chi connectivity index (χ2v) is 7.64. The summed E-state index contributed by atoms with van der Waals surface area (Å²) in [5.74, 6) is 0.767. The molecule has 0 aliphatic carbocycles. The van der Waals surface area contributed by atoms with Crippen molar-refractivity contribution in [2.45, 2.75) is 13.5 Å². The van der Waals surface area contributed by atoms with Gasteiger partial charge in [0.25, 0.3) is 5.91 Å². The molecule has 0 aliphatic heterocycles. The summed E-state index contributed by atoms with van der Waals surface area (Å²) in [5, 5.41) is 13.9. The summed E-state index contributed by atoms with van der Waals surface area (Å²) < 4.78 is 5.83. The monoisotopic (exact) mass is 453 g/mol. The van der Waals surface area contributed by atoms with Gasteiger partial charge in [-0.15, -0.1) is 0 Å². The molecule has 3 N–H and O–H groups in total. The molecule has 2 amide bonds. The molecule has 7 nitrogen and oxygen atoms in total. The molecule has 1 aromatic heterocycles. The number of pyridine rings is 1. The van der Waals surface area contributed by atoms with Crippen LogP contribution in [-0.4, -0.2) is 22.1 Å². The molecule has 0 spiro atoms. The average molecular weight is 453 g/mol. The van der Waals surface area contributed by atoms with E-state index >= 15 is 0 Å². The summed E-state index contributed by atoms with van der Waals surface area (Å²) in [6.07, 6.45) is 0.463. The van der Waals surface area contributed by atoms with Crippen molar-refractivity contribution < 1.29 is 19.4 Å². The smallest absolute Gasteiger partial charge is 0.404 e. The molecular weight excluding hydrogens is 430 g/mol. The number of carbonyl (C=O) groups excluding carboxylic acids is 1. The number of hydrogen-bond acceptors (Lipinski definition) is 4. The fraction of sp³-hybridized carbons (Fsp3) is 0.0741. The summed E-state index contributed by atoms with van der Waals surface area (Å²) in [7, 11) is 0. The number of nitrogens with zero attached hydrogens (tertiary/aromatic N) is 1. The second-order valence-electron chi connectivity index (χ2n) is 7.64. The van der Waals surface area contributed by atoms with Crippen LogP contribution in [0.3, 0.4) is 0 Å². The van der Waals surface area contributed by atoms with E-state index in [1.54, 1.807) is 36.4 Å². The maximum atomic E-state index is 12.6. The first-order valence-corrected chi connectivity index (χ1v) is 10.6. The lowest BCUT2D eigenvalue weighted by atomic mass is 10.0. The summed E-state index contributed by atoms with van der Waals surface area (Å²) in [4.78, 5) is 27.5. The highest BCUT2D eigenvalue weighted by Crippen LogP contribution is 2.25. The first-order valence-electron chi connectivity index (χ1n) is 10.6. The van der Waals surface area contributed by atoms with Crippen molar-refractivity contribution in [3.05, 3.63) is 108 Å². The molecule has 0 aliphatic rings. The standard InChI is InChI=1S/C27H23N3O4/c1-18-15-19(16-29-27(32)33)7-13-24(18)34-25-14-12-23(17-28-25)30-26(31)22-10-8-21(9-11-22)20-5-3-2-4-6-20/h2-15,17,29H,16H2,1H3,(H,30,31)(H,32,33). The van der Waals surface area contributed by atoms with E-state index in [-0.39, 0.29) is 12.5 Å². The van der Waals surface area contributed by atoms with Crippen molar-refractivity contribution in [3.63, 3.8) is 0 Å². The largest absolute Gasteiger partial charge is 0.465 e. The SMILES string of the molecule is Cc1cc(CNC(=O)O)ccc1Oc1ccc(NC(=O)c2ccc(-c3ccccc3)cc2)cn1. The highest BCUT2D eigenvalue weighted by atomic mass is 16.5. The molecule has 34 heavy (non-hydrogen) atoms. The Hall–Kier alpha value is -4.65. The van der Waals surface area contributed by atoms with E-state index in [4.69, 9.17) is 9.84 Å². The zero-order chi connectivity index (χ0) is 23.9. The van der Waals surface area contributed by atoms with Gasteiger partial charge in [-0.2, -0.15) is 0 Å². The van der Waals surface area contributed by atoms with Crippen LogP contribution in [0.5, 0.6) is 11.6 Å². The molecule has 0 unspecified atom stereocenters. The van der Waals surface area contributed by atoms with Crippen LogP contribution in [0.25, 0.3) is 11.1 Å². The first-order chi connectivity index (χ1) is 16.5. The van der Waals surface area contributed by atoms with Crippen LogP contribution in [0.15, 0.2) is 91.1 Å². The molecule has 0 saturated carbocycles. The lowest BCUT2D eigenvalue weighted by Crippen LogP contribution is -2.19. The minimum atomic E-state index is -1.07. The van der Waals surface area contributed by atoms with Gasteiger partial charge in [0.2, 0.25) is 5.88 Å². The molecule has 4 rings (SSSR count). The van der Waals surface area contributed by atoms with E-state index < -0.39 is 6.09 Å². The molecule has 0 bridgehead atoms. The predicted octanol–water partition coefficient (Wildman–Crippen LogP) is 5.87. The third-order valence-corrected chi connectivity index (χ3v) is 5.15. The Balaban J connectivity index is 1.36. The fourth-order valence-electron chi connectivity index (χ4n) is 3.39. The normalized spacial score (nSPS) is 10.4. The molecule has 0 atom stereocenters. The van der Waals surface area contributed by atoms with Gasteiger partial charge in [-0.3, -0.25) is 4.79 Å². The number of carbonyl (C=O) groups is 2. The molecule has 1 heterocycles. The first kappa shape index (κ1) is 22.5. The van der Waals surface area contributed by atoms with Gasteiger partial charge in [0, 0.05) is 18.2 Å². The summed E-state index contributed by atoms with van der Waals surface area (Å²) in [6, 6.07) is 26.2. The van der Waals surface area contributed by atoms with Crippen molar-refractivity contribution in [1.29, 1.82) is 0 Å². The van der Waals surface area contributed by atoms with Gasteiger partial charge in [-0.1, -0.05) is 54.6 Å². The maximum absolute atomic E-state index is 12.6. The molecular formula is C27H23N3O4. The summed E-state index contributed by atoms with van der Waals surface area (Å²) in [5.41, 5.74) is 4.92. The van der Waals surface area contributed by atoms with E-state index in [9.17, 15) is 9.59 Å². The minimum Gasteiger partial charge on any atom is -0.465 e. The Labute approximate surface area is 197 Å². The van der Waals surface area contributed by atoms with Gasteiger partial charge in [0.05, 0.1) is 11.9 Å². The number of aromatic nitrogens is 1. The van der Waals surface area contributed by atoms with Crippen LogP contribution in [0.1, 0.15) is 21.5 Å². The third kappa shape index (κ3) is 5.77. The zero-order valence-electron chi connectivity index (χ0n) is 18.5. The third-order valence-electron chi connectivity index (χ3n) is 5.15. The number of hydrogen-bond donors (Lipinski definition) is 3. The van der Waals surface area contributed by atoms with Crippen LogP contribution in [-0.2, 0) is 6.54 Å². The Bertz CT molecular complexity index is 1290. The topological polar surface area (TPSA) is 101 Å². The number of amides is 2. The number of ether oxygens (including phenoxy) is 1. The summed E-state index contributed by atoms with van der Waals surface area (Å²) in [6.45, 7) is 2.09. The van der Waals surface area contributed by atoms with Crippen LogP contribution >= 0.6 is 0 Å². The molecule has 0 radical (unpaired) electrons. The maximum Gasteiger partial charge on any atom is 0.404 e. The number of nitrogens with one attached hydrogen (secondary N) is 2. The molecule has 3 aromatic carbocycles. The van der Waals surface area contributed by atoms with Gasteiger partial charge in [-0.25, -0.2) is 9.78 Å².